The molecule has 0 saturated heterocycles. The van der Waals surface area contributed by atoms with Crippen molar-refractivity contribution in [2.45, 2.75) is 58.3 Å². The van der Waals surface area contributed by atoms with Crippen LogP contribution in [0, 0.1) is 0 Å². The van der Waals surface area contributed by atoms with Gasteiger partial charge in [0.25, 0.3) is 0 Å². The van der Waals surface area contributed by atoms with Crippen molar-refractivity contribution in [3.63, 3.8) is 0 Å². The standard InChI is InChI=1S/C11H22O5S.Na/c1-11(12)9-7-5-3-2-4-6-8-10-16-17(13,14)15;/h2-10H2,1H3,(H,13,14,15);/q;+1/p-1. The summed E-state index contributed by atoms with van der Waals surface area (Å²) in [5, 5.41) is 0. The van der Waals surface area contributed by atoms with Crippen LogP contribution in [-0.2, 0) is 19.4 Å². The van der Waals surface area contributed by atoms with Crippen molar-refractivity contribution >= 4 is 16.2 Å². The first-order valence-corrected chi connectivity index (χ1v) is 7.35. The molecule has 0 saturated carbocycles. The molecule has 0 radical (unpaired) electrons. The number of carbonyl (C=O) groups is 1. The van der Waals surface area contributed by atoms with E-state index in [1.54, 1.807) is 6.92 Å². The summed E-state index contributed by atoms with van der Waals surface area (Å²) < 4.78 is 34.3. The Kier molecular flexibility index (Phi) is 14.6. The van der Waals surface area contributed by atoms with Gasteiger partial charge in [-0.05, 0) is 19.8 Å². The number of hydrogen-bond donors (Lipinski definition) is 0. The van der Waals surface area contributed by atoms with E-state index in [1.165, 1.54) is 0 Å². The van der Waals surface area contributed by atoms with E-state index in [4.69, 9.17) is 0 Å². The molecule has 0 spiro atoms. The normalized spacial score (nSPS) is 11.0. The molecule has 0 bridgehead atoms. The minimum atomic E-state index is -4.52. The molecule has 5 nitrogen and oxygen atoms in total. The van der Waals surface area contributed by atoms with Gasteiger partial charge in [-0.2, -0.15) is 0 Å². The van der Waals surface area contributed by atoms with Crippen molar-refractivity contribution in [2.24, 2.45) is 0 Å². The summed E-state index contributed by atoms with van der Waals surface area (Å²) in [6.07, 6.45) is 7.29. The second-order valence-corrected chi connectivity index (χ2v) is 5.21. The summed E-state index contributed by atoms with van der Waals surface area (Å²) in [5.74, 6) is 0.237. The summed E-state index contributed by atoms with van der Waals surface area (Å²) in [4.78, 5) is 10.6. The van der Waals surface area contributed by atoms with E-state index in [0.717, 1.165) is 38.5 Å². The molecular formula is C11H21NaO5S. The van der Waals surface area contributed by atoms with Gasteiger partial charge in [0, 0.05) is 6.42 Å². The molecule has 0 aliphatic carbocycles. The van der Waals surface area contributed by atoms with Crippen LogP contribution in [0.15, 0.2) is 0 Å². The largest absolute Gasteiger partial charge is 1.00 e. The molecule has 0 unspecified atom stereocenters. The predicted molar refractivity (Wildman–Crippen MR) is 63.3 cm³/mol. The maximum atomic E-state index is 10.6. The minimum Gasteiger partial charge on any atom is -0.726 e. The third-order valence-corrected chi connectivity index (χ3v) is 2.86. The third kappa shape index (κ3) is 18.9. The van der Waals surface area contributed by atoms with Crippen LogP contribution in [0.25, 0.3) is 0 Å². The number of carbonyl (C=O) groups excluding carboxylic acids is 1. The molecule has 0 N–H and O–H groups in total. The van der Waals surface area contributed by atoms with Crippen LogP contribution >= 0.6 is 0 Å². The Morgan fingerprint density at radius 2 is 1.44 bits per heavy atom. The number of hydrogen-bond acceptors (Lipinski definition) is 5. The van der Waals surface area contributed by atoms with Gasteiger partial charge < -0.3 is 9.35 Å². The molecule has 7 heteroatoms. The summed E-state index contributed by atoms with van der Waals surface area (Å²) in [6, 6.07) is 0. The fourth-order valence-electron chi connectivity index (χ4n) is 1.52. The Morgan fingerprint density at radius 1 is 1.00 bits per heavy atom. The van der Waals surface area contributed by atoms with Crippen LogP contribution in [0.5, 0.6) is 0 Å². The fourth-order valence-corrected chi connectivity index (χ4v) is 1.84. The zero-order valence-electron chi connectivity index (χ0n) is 11.3. The Balaban J connectivity index is 0. The van der Waals surface area contributed by atoms with E-state index in [2.05, 4.69) is 4.18 Å². The maximum Gasteiger partial charge on any atom is 1.00 e. The number of ketones is 1. The second kappa shape index (κ2) is 12.6. The Bertz CT molecular complexity index is 303. The van der Waals surface area contributed by atoms with Crippen LogP contribution in [0.3, 0.4) is 0 Å². The van der Waals surface area contributed by atoms with E-state index in [9.17, 15) is 17.8 Å². The van der Waals surface area contributed by atoms with Crippen LogP contribution in [0.2, 0.25) is 0 Å². The van der Waals surface area contributed by atoms with E-state index in [-0.39, 0.29) is 41.9 Å². The number of rotatable bonds is 11. The fraction of sp³-hybridized carbons (Fsp3) is 0.909. The Labute approximate surface area is 132 Å². The smallest absolute Gasteiger partial charge is 0.726 e. The number of unbranched alkanes of at least 4 members (excludes halogenated alkanes) is 6. The SMILES string of the molecule is CC(=O)CCCCCCCCCOS(=O)(=O)[O-].[Na+]. The summed E-state index contributed by atoms with van der Waals surface area (Å²) in [5.41, 5.74) is 0. The second-order valence-electron chi connectivity index (χ2n) is 4.16. The molecule has 0 aromatic rings. The van der Waals surface area contributed by atoms with E-state index in [1.807, 2.05) is 0 Å². The van der Waals surface area contributed by atoms with Crippen LogP contribution < -0.4 is 29.6 Å². The van der Waals surface area contributed by atoms with Gasteiger partial charge in [-0.25, -0.2) is 8.42 Å². The van der Waals surface area contributed by atoms with Crippen molar-refractivity contribution in [3.8, 4) is 0 Å². The molecule has 18 heavy (non-hydrogen) atoms. The van der Waals surface area contributed by atoms with E-state index < -0.39 is 10.4 Å². The number of Topliss-reactive ketones (excluding diaryl/α,β-unsaturated/α-hetero) is 1. The van der Waals surface area contributed by atoms with E-state index in [0.29, 0.717) is 12.8 Å². The zero-order chi connectivity index (χ0) is 13.1. The van der Waals surface area contributed by atoms with Crippen molar-refractivity contribution in [1.29, 1.82) is 0 Å². The first-order chi connectivity index (χ1) is 7.92. The van der Waals surface area contributed by atoms with Crippen LogP contribution in [0.4, 0.5) is 0 Å². The molecule has 0 aliphatic rings. The van der Waals surface area contributed by atoms with E-state index >= 15 is 0 Å². The molecule has 0 amide bonds. The molecule has 0 fully saturated rings. The first-order valence-electron chi connectivity index (χ1n) is 6.01. The summed E-state index contributed by atoms with van der Waals surface area (Å²) in [6.45, 7) is 1.58. The van der Waals surface area contributed by atoms with Gasteiger partial charge >= 0.3 is 29.6 Å². The quantitative estimate of drug-likeness (QED) is 0.215. The van der Waals surface area contributed by atoms with Gasteiger partial charge in [-0.1, -0.05) is 32.1 Å². The molecule has 0 aromatic carbocycles. The average Bonchev–Trinajstić information content (AvgIpc) is 2.18. The minimum absolute atomic E-state index is 0. The topological polar surface area (TPSA) is 83.5 Å². The van der Waals surface area contributed by atoms with Crippen molar-refractivity contribution in [3.05, 3.63) is 0 Å². The van der Waals surface area contributed by atoms with Crippen LogP contribution in [-0.4, -0.2) is 25.4 Å². The molecular weight excluding hydrogens is 267 g/mol. The Morgan fingerprint density at radius 3 is 1.89 bits per heavy atom. The molecule has 0 aliphatic heterocycles. The summed E-state index contributed by atoms with van der Waals surface area (Å²) >= 11 is 0. The van der Waals surface area contributed by atoms with Gasteiger partial charge in [0.1, 0.15) is 5.78 Å². The molecule has 102 valence electrons. The summed E-state index contributed by atoms with van der Waals surface area (Å²) in [7, 11) is -4.52. The first kappa shape index (κ1) is 20.8. The van der Waals surface area contributed by atoms with Crippen molar-refractivity contribution in [1.82, 2.24) is 0 Å². The monoisotopic (exact) mass is 288 g/mol. The zero-order valence-corrected chi connectivity index (χ0v) is 14.1. The molecule has 0 heterocycles. The molecule has 0 atom stereocenters. The van der Waals surface area contributed by atoms with Crippen LogP contribution in [0.1, 0.15) is 58.3 Å². The predicted octanol–water partition coefficient (Wildman–Crippen LogP) is -0.823. The van der Waals surface area contributed by atoms with Gasteiger partial charge in [0.15, 0.2) is 0 Å². The average molecular weight is 288 g/mol. The van der Waals surface area contributed by atoms with Gasteiger partial charge in [-0.15, -0.1) is 0 Å². The van der Waals surface area contributed by atoms with Gasteiger partial charge in [0.2, 0.25) is 10.4 Å². The van der Waals surface area contributed by atoms with Crippen molar-refractivity contribution in [2.75, 3.05) is 6.61 Å². The maximum absolute atomic E-state index is 10.6. The van der Waals surface area contributed by atoms with Gasteiger partial charge in [-0.3, -0.25) is 4.18 Å². The van der Waals surface area contributed by atoms with Crippen molar-refractivity contribution < 1.29 is 51.5 Å². The molecule has 0 aromatic heterocycles. The third-order valence-electron chi connectivity index (χ3n) is 2.40. The molecule has 0 rings (SSSR count). The van der Waals surface area contributed by atoms with Gasteiger partial charge in [0.05, 0.1) is 6.61 Å². The Hall–Kier alpha value is 0.540.